The van der Waals surface area contributed by atoms with Crippen molar-refractivity contribution in [2.75, 3.05) is 6.54 Å². The Morgan fingerprint density at radius 1 is 1.42 bits per heavy atom. The van der Waals surface area contributed by atoms with Gasteiger partial charge in [0.1, 0.15) is 11.6 Å². The Balaban J connectivity index is 2.08. The lowest BCUT2D eigenvalue weighted by atomic mass is 10.6. The van der Waals surface area contributed by atoms with Gasteiger partial charge in [0.15, 0.2) is 5.16 Å². The fraction of sp³-hybridized carbons (Fsp3) is 0.500. The predicted octanol–water partition coefficient (Wildman–Crippen LogP) is 1.43. The quantitative estimate of drug-likeness (QED) is 0.814. The number of nitrogens with zero attached hydrogens (tertiary/aromatic N) is 5. The number of alkyl halides is 2. The van der Waals surface area contributed by atoms with Crippen LogP contribution in [0.5, 0.6) is 0 Å². The van der Waals surface area contributed by atoms with Crippen LogP contribution in [0.3, 0.4) is 0 Å². The average molecular weight is 288 g/mol. The summed E-state index contributed by atoms with van der Waals surface area (Å²) in [5, 5.41) is 8.62. The smallest absolute Gasteiger partial charge is 0.319 e. The van der Waals surface area contributed by atoms with Crippen LogP contribution in [0.1, 0.15) is 18.2 Å². The van der Waals surface area contributed by atoms with Crippen LogP contribution in [-0.2, 0) is 12.3 Å². The van der Waals surface area contributed by atoms with Crippen LogP contribution in [0.25, 0.3) is 0 Å². The molecule has 6 nitrogen and oxygen atoms in total. The number of rotatable bonds is 6. The van der Waals surface area contributed by atoms with Crippen molar-refractivity contribution in [3.05, 3.63) is 24.0 Å². The number of imidazole rings is 1. The van der Waals surface area contributed by atoms with Crippen LogP contribution in [0.2, 0.25) is 0 Å². The predicted molar refractivity (Wildman–Crippen MR) is 66.9 cm³/mol. The van der Waals surface area contributed by atoms with Crippen molar-refractivity contribution in [1.82, 2.24) is 24.3 Å². The number of nitrogens with two attached hydrogens (primary N) is 1. The van der Waals surface area contributed by atoms with Gasteiger partial charge in [-0.15, -0.1) is 10.2 Å². The molecule has 0 spiro atoms. The normalized spacial score (nSPS) is 11.4. The zero-order valence-electron chi connectivity index (χ0n) is 10.3. The standard InChI is InChI=1S/C10H14F2N6S/c1-7-15-16-10(17(7)4-2-13)19-6-8-14-3-5-18(8)9(11)12/h3,5,9H,2,4,6,13H2,1H3. The van der Waals surface area contributed by atoms with Crippen molar-refractivity contribution < 1.29 is 8.78 Å². The van der Waals surface area contributed by atoms with E-state index in [0.29, 0.717) is 29.8 Å². The third-order valence-corrected chi connectivity index (χ3v) is 3.51. The number of aromatic nitrogens is 5. The Kier molecular flexibility index (Phi) is 4.48. The highest BCUT2D eigenvalue weighted by Crippen LogP contribution is 2.23. The largest absolute Gasteiger partial charge is 0.329 e. The maximum Gasteiger partial charge on any atom is 0.319 e. The Morgan fingerprint density at radius 3 is 2.89 bits per heavy atom. The van der Waals surface area contributed by atoms with Crippen LogP contribution in [0, 0.1) is 6.92 Å². The van der Waals surface area contributed by atoms with E-state index in [1.807, 2.05) is 11.5 Å². The SMILES string of the molecule is Cc1nnc(SCc2nccn2C(F)F)n1CCN. The van der Waals surface area contributed by atoms with Crippen LogP contribution < -0.4 is 5.73 Å². The number of aryl methyl sites for hydroxylation is 1. The van der Waals surface area contributed by atoms with Gasteiger partial charge < -0.3 is 10.3 Å². The Bertz CT molecular complexity index is 538. The first kappa shape index (κ1) is 13.9. The molecule has 0 aliphatic rings. The molecule has 0 fully saturated rings. The maximum absolute atomic E-state index is 12.7. The second-order valence-electron chi connectivity index (χ2n) is 3.79. The van der Waals surface area contributed by atoms with Gasteiger partial charge in [-0.1, -0.05) is 11.8 Å². The molecule has 2 N–H and O–H groups in total. The van der Waals surface area contributed by atoms with Gasteiger partial charge in [0, 0.05) is 25.5 Å². The van der Waals surface area contributed by atoms with Gasteiger partial charge >= 0.3 is 6.55 Å². The van der Waals surface area contributed by atoms with Gasteiger partial charge in [0.25, 0.3) is 0 Å². The summed E-state index contributed by atoms with van der Waals surface area (Å²) >= 11 is 1.31. The molecule has 0 amide bonds. The first-order chi connectivity index (χ1) is 9.13. The lowest BCUT2D eigenvalue weighted by Crippen LogP contribution is -2.12. The van der Waals surface area contributed by atoms with Crippen molar-refractivity contribution in [2.45, 2.75) is 30.9 Å². The molecule has 0 aliphatic heterocycles. The van der Waals surface area contributed by atoms with Gasteiger partial charge in [-0.05, 0) is 6.92 Å². The number of halogens is 2. The summed E-state index contributed by atoms with van der Waals surface area (Å²) in [4.78, 5) is 3.91. The molecule has 2 aromatic rings. The van der Waals surface area contributed by atoms with E-state index < -0.39 is 6.55 Å². The van der Waals surface area contributed by atoms with E-state index in [1.54, 1.807) is 0 Å². The molecule has 0 unspecified atom stereocenters. The van der Waals surface area contributed by atoms with E-state index in [4.69, 9.17) is 5.73 Å². The molecule has 2 aromatic heterocycles. The highest BCUT2D eigenvalue weighted by atomic mass is 32.2. The first-order valence-corrected chi connectivity index (χ1v) is 6.64. The molecule has 2 heterocycles. The summed E-state index contributed by atoms with van der Waals surface area (Å²) in [5.41, 5.74) is 5.51. The van der Waals surface area contributed by atoms with Crippen LogP contribution >= 0.6 is 11.8 Å². The molecule has 104 valence electrons. The van der Waals surface area contributed by atoms with Gasteiger partial charge in [0.2, 0.25) is 0 Å². The molecule has 19 heavy (non-hydrogen) atoms. The van der Waals surface area contributed by atoms with E-state index >= 15 is 0 Å². The van der Waals surface area contributed by atoms with Gasteiger partial charge in [-0.3, -0.25) is 4.57 Å². The van der Waals surface area contributed by atoms with Crippen molar-refractivity contribution >= 4 is 11.8 Å². The van der Waals surface area contributed by atoms with E-state index in [2.05, 4.69) is 15.2 Å². The summed E-state index contributed by atoms with van der Waals surface area (Å²) in [6.07, 6.45) is 2.62. The zero-order valence-corrected chi connectivity index (χ0v) is 11.1. The molecule has 0 aromatic carbocycles. The van der Waals surface area contributed by atoms with Crippen LogP contribution in [0.15, 0.2) is 17.6 Å². The average Bonchev–Trinajstić information content (AvgIpc) is 2.96. The summed E-state index contributed by atoms with van der Waals surface area (Å²) in [6, 6.07) is 0. The van der Waals surface area contributed by atoms with Gasteiger partial charge in [0.05, 0.1) is 5.75 Å². The van der Waals surface area contributed by atoms with Gasteiger partial charge in [-0.25, -0.2) is 4.98 Å². The van der Waals surface area contributed by atoms with Crippen molar-refractivity contribution in [3.63, 3.8) is 0 Å². The zero-order chi connectivity index (χ0) is 13.8. The molecular formula is C10H14F2N6S. The minimum absolute atomic E-state index is 0.306. The van der Waals surface area contributed by atoms with E-state index in [0.717, 1.165) is 10.4 Å². The Morgan fingerprint density at radius 2 is 2.21 bits per heavy atom. The van der Waals surface area contributed by atoms with Crippen LogP contribution in [-0.4, -0.2) is 30.9 Å². The molecule has 0 bridgehead atoms. The van der Waals surface area contributed by atoms with E-state index in [-0.39, 0.29) is 0 Å². The lowest BCUT2D eigenvalue weighted by molar-refractivity contribution is 0.0678. The van der Waals surface area contributed by atoms with Gasteiger partial charge in [-0.2, -0.15) is 8.78 Å². The van der Waals surface area contributed by atoms with E-state index in [9.17, 15) is 8.78 Å². The number of hydrogen-bond acceptors (Lipinski definition) is 5. The summed E-state index contributed by atoms with van der Waals surface area (Å²) in [7, 11) is 0. The molecule has 0 aliphatic carbocycles. The fourth-order valence-electron chi connectivity index (χ4n) is 1.62. The molecule has 0 saturated heterocycles. The monoisotopic (exact) mass is 288 g/mol. The third-order valence-electron chi connectivity index (χ3n) is 2.54. The topological polar surface area (TPSA) is 74.5 Å². The molecule has 0 atom stereocenters. The molecule has 2 rings (SSSR count). The third kappa shape index (κ3) is 3.10. The second-order valence-corrected chi connectivity index (χ2v) is 4.73. The maximum atomic E-state index is 12.7. The number of hydrogen-bond donors (Lipinski definition) is 1. The molecule has 9 heteroatoms. The van der Waals surface area contributed by atoms with Crippen molar-refractivity contribution in [3.8, 4) is 0 Å². The molecular weight excluding hydrogens is 274 g/mol. The second kappa shape index (κ2) is 6.11. The van der Waals surface area contributed by atoms with Crippen LogP contribution in [0.4, 0.5) is 8.78 Å². The minimum atomic E-state index is -2.58. The Hall–Kier alpha value is -1.48. The van der Waals surface area contributed by atoms with Crippen molar-refractivity contribution in [1.29, 1.82) is 0 Å². The van der Waals surface area contributed by atoms with Crippen molar-refractivity contribution in [2.24, 2.45) is 5.73 Å². The highest BCUT2D eigenvalue weighted by molar-refractivity contribution is 7.98. The highest BCUT2D eigenvalue weighted by Gasteiger charge is 2.14. The van der Waals surface area contributed by atoms with E-state index in [1.165, 1.54) is 24.2 Å². The molecule has 0 radical (unpaired) electrons. The fourth-order valence-corrected chi connectivity index (χ4v) is 2.58. The first-order valence-electron chi connectivity index (χ1n) is 5.66. The lowest BCUT2D eigenvalue weighted by Gasteiger charge is -2.07. The summed E-state index contributed by atoms with van der Waals surface area (Å²) in [5.74, 6) is 1.37. The molecule has 0 saturated carbocycles. The Labute approximate surface area is 113 Å². The summed E-state index contributed by atoms with van der Waals surface area (Å²) in [6.45, 7) is 0.316. The number of thioether (sulfide) groups is 1. The minimum Gasteiger partial charge on any atom is -0.329 e. The summed E-state index contributed by atoms with van der Waals surface area (Å²) < 4.78 is 28.0.